The van der Waals surface area contributed by atoms with E-state index in [-0.39, 0.29) is 0 Å². The van der Waals surface area contributed by atoms with E-state index in [0.717, 1.165) is 28.1 Å². The molecule has 0 aliphatic heterocycles. The normalized spacial score (nSPS) is 11.8. The second-order valence-corrected chi connectivity index (χ2v) is 8.42. The number of benzene rings is 1. The lowest BCUT2D eigenvalue weighted by Gasteiger charge is -2.11. The van der Waals surface area contributed by atoms with Crippen LogP contribution in [0.1, 0.15) is 29.6 Å². The number of hydrogen-bond acceptors (Lipinski definition) is 6. The van der Waals surface area contributed by atoms with Crippen LogP contribution in [0.25, 0.3) is 33.4 Å². The number of aromatic amines is 1. The number of nitrogens with one attached hydrogen (secondary N) is 1. The van der Waals surface area contributed by atoms with Gasteiger partial charge in [-0.05, 0) is 61.7 Å². The molecule has 0 aliphatic rings. The van der Waals surface area contributed by atoms with E-state index in [9.17, 15) is 4.39 Å². The molecule has 0 radical (unpaired) electrons. The van der Waals surface area contributed by atoms with Gasteiger partial charge in [0, 0.05) is 42.3 Å². The summed E-state index contributed by atoms with van der Waals surface area (Å²) in [7, 11) is 1.51. The van der Waals surface area contributed by atoms with Crippen LogP contribution in [0.3, 0.4) is 0 Å². The van der Waals surface area contributed by atoms with Crippen molar-refractivity contribution in [2.24, 2.45) is 4.99 Å². The smallest absolute Gasteiger partial charge is 0.159 e. The summed E-state index contributed by atoms with van der Waals surface area (Å²) < 4.78 is 19.5. The monoisotopic (exact) mass is 480 g/mol. The van der Waals surface area contributed by atoms with E-state index in [4.69, 9.17) is 19.7 Å². The fraction of sp³-hybridized carbons (Fsp3) is 0.179. The molecule has 5 rings (SSSR count). The first-order valence-electron chi connectivity index (χ1n) is 11.6. The molecule has 4 heterocycles. The van der Waals surface area contributed by atoms with Crippen molar-refractivity contribution in [3.63, 3.8) is 0 Å². The maximum atomic E-state index is 14.2. The van der Waals surface area contributed by atoms with Crippen molar-refractivity contribution in [2.75, 3.05) is 13.7 Å². The Hall–Kier alpha value is -4.46. The molecule has 180 valence electrons. The van der Waals surface area contributed by atoms with Crippen LogP contribution in [0, 0.1) is 19.7 Å². The zero-order chi connectivity index (χ0) is 25.2. The molecule has 0 spiro atoms. The Morgan fingerprint density at radius 1 is 0.972 bits per heavy atom. The maximum absolute atomic E-state index is 14.2. The van der Waals surface area contributed by atoms with Gasteiger partial charge in [0.2, 0.25) is 0 Å². The average molecular weight is 481 g/mol. The number of aromatic nitrogens is 5. The van der Waals surface area contributed by atoms with E-state index in [1.165, 1.54) is 19.2 Å². The van der Waals surface area contributed by atoms with Gasteiger partial charge in [-0.15, -0.1) is 0 Å². The van der Waals surface area contributed by atoms with Crippen LogP contribution in [0.5, 0.6) is 5.75 Å². The van der Waals surface area contributed by atoms with Crippen LogP contribution >= 0.6 is 0 Å². The number of nitrogens with zero attached hydrogens (tertiary/aromatic N) is 5. The van der Waals surface area contributed by atoms with Gasteiger partial charge >= 0.3 is 0 Å². The summed E-state index contributed by atoms with van der Waals surface area (Å²) in [4.78, 5) is 26.6. The Morgan fingerprint density at radius 3 is 2.58 bits per heavy atom. The lowest BCUT2D eigenvalue weighted by molar-refractivity contribution is 0.411. The Labute approximate surface area is 208 Å². The quantitative estimate of drug-likeness (QED) is 0.315. The summed E-state index contributed by atoms with van der Waals surface area (Å²) in [6, 6.07) is 10.5. The van der Waals surface area contributed by atoms with E-state index in [1.54, 1.807) is 24.7 Å². The first-order valence-corrected chi connectivity index (χ1v) is 11.6. The number of halogens is 1. The van der Waals surface area contributed by atoms with Gasteiger partial charge in [0.05, 0.1) is 35.7 Å². The number of aliphatic imine (C=N–C) groups is 1. The molecule has 8 heteroatoms. The Balaban J connectivity index is 1.66. The molecule has 0 saturated heterocycles. The van der Waals surface area contributed by atoms with Gasteiger partial charge in [-0.1, -0.05) is 6.07 Å². The van der Waals surface area contributed by atoms with Crippen LogP contribution in [0.15, 0.2) is 66.2 Å². The van der Waals surface area contributed by atoms with Crippen LogP contribution in [-0.2, 0) is 0 Å². The lowest BCUT2D eigenvalue weighted by atomic mass is 10.0. The van der Waals surface area contributed by atoms with Gasteiger partial charge in [-0.25, -0.2) is 14.4 Å². The molecule has 7 nitrogen and oxygen atoms in total. The van der Waals surface area contributed by atoms with E-state index in [2.05, 4.69) is 15.0 Å². The van der Waals surface area contributed by atoms with Crippen molar-refractivity contribution in [1.82, 2.24) is 24.9 Å². The molecular formula is C28H25FN6O. The van der Waals surface area contributed by atoms with E-state index < -0.39 is 5.82 Å². The zero-order valence-corrected chi connectivity index (χ0v) is 20.5. The third kappa shape index (κ3) is 4.33. The standard InChI is InChI=1S/C28H25FN6O/c1-5-32-27(25-17(3)6-7-23(33-25)21-13-30-9-8-16(21)2)28-34-24-15-31-14-22(26(24)35-28)18-10-19(29)12-20(11-18)36-4/h6-15H,5H2,1-4H3,(H,34,35). The fourth-order valence-corrected chi connectivity index (χ4v) is 4.16. The number of fused-ring (bicyclic) bond motifs is 1. The average Bonchev–Trinajstić information content (AvgIpc) is 3.32. The summed E-state index contributed by atoms with van der Waals surface area (Å²) in [5.74, 6) is 0.598. The van der Waals surface area contributed by atoms with Crippen molar-refractivity contribution in [1.29, 1.82) is 0 Å². The minimum Gasteiger partial charge on any atom is -0.497 e. The van der Waals surface area contributed by atoms with Crippen LogP contribution in [0.4, 0.5) is 4.39 Å². The van der Waals surface area contributed by atoms with Gasteiger partial charge in [0.25, 0.3) is 0 Å². The predicted molar refractivity (Wildman–Crippen MR) is 139 cm³/mol. The fourth-order valence-electron chi connectivity index (χ4n) is 4.16. The molecule has 0 unspecified atom stereocenters. The Bertz CT molecular complexity index is 1610. The molecule has 1 aromatic carbocycles. The first-order chi connectivity index (χ1) is 17.5. The molecule has 0 amide bonds. The number of hydrogen-bond donors (Lipinski definition) is 1. The third-order valence-corrected chi connectivity index (χ3v) is 5.99. The Kier molecular flexibility index (Phi) is 6.25. The number of ether oxygens (including phenoxy) is 1. The largest absolute Gasteiger partial charge is 0.497 e. The molecule has 0 fully saturated rings. The summed E-state index contributed by atoms with van der Waals surface area (Å²) in [5.41, 5.74) is 7.91. The topological polar surface area (TPSA) is 88.9 Å². The van der Waals surface area contributed by atoms with Crippen LogP contribution < -0.4 is 4.74 Å². The number of aryl methyl sites for hydroxylation is 2. The molecular weight excluding hydrogens is 455 g/mol. The van der Waals surface area contributed by atoms with Gasteiger partial charge in [-0.2, -0.15) is 0 Å². The van der Waals surface area contributed by atoms with Crippen molar-refractivity contribution in [3.05, 3.63) is 89.6 Å². The number of imidazole rings is 1. The molecule has 0 bridgehead atoms. The number of H-pyrrole nitrogens is 1. The minimum absolute atomic E-state index is 0.396. The van der Waals surface area contributed by atoms with E-state index >= 15 is 0 Å². The predicted octanol–water partition coefficient (Wildman–Crippen LogP) is 5.70. The van der Waals surface area contributed by atoms with Gasteiger partial charge in [0.1, 0.15) is 17.3 Å². The number of pyridine rings is 3. The molecule has 0 saturated carbocycles. The molecule has 0 atom stereocenters. The van der Waals surface area contributed by atoms with E-state index in [1.807, 2.05) is 45.2 Å². The third-order valence-electron chi connectivity index (χ3n) is 5.99. The Morgan fingerprint density at radius 2 is 1.81 bits per heavy atom. The number of rotatable bonds is 6. The summed E-state index contributed by atoms with van der Waals surface area (Å²) in [6.45, 7) is 6.56. The van der Waals surface area contributed by atoms with Crippen LogP contribution in [0.2, 0.25) is 0 Å². The SMILES string of the molecule is CCN=C(c1nc2c(-c3cc(F)cc(OC)c3)cncc2[nH]1)c1nc(-c2cnccc2C)ccc1C. The summed E-state index contributed by atoms with van der Waals surface area (Å²) in [6.07, 6.45) is 6.96. The highest BCUT2D eigenvalue weighted by Crippen LogP contribution is 2.31. The molecule has 1 N–H and O–H groups in total. The molecule has 36 heavy (non-hydrogen) atoms. The highest BCUT2D eigenvalue weighted by molar-refractivity contribution is 6.12. The van der Waals surface area contributed by atoms with Crippen molar-refractivity contribution < 1.29 is 9.13 Å². The second kappa shape index (κ2) is 9.65. The molecule has 4 aromatic heterocycles. The highest BCUT2D eigenvalue weighted by atomic mass is 19.1. The molecule has 0 aliphatic carbocycles. The second-order valence-electron chi connectivity index (χ2n) is 8.42. The summed E-state index contributed by atoms with van der Waals surface area (Å²) in [5, 5.41) is 0. The minimum atomic E-state index is -0.396. The van der Waals surface area contributed by atoms with Crippen LogP contribution in [-0.4, -0.2) is 44.3 Å². The van der Waals surface area contributed by atoms with Gasteiger partial charge in [-0.3, -0.25) is 15.0 Å². The zero-order valence-electron chi connectivity index (χ0n) is 20.5. The number of methoxy groups -OCH3 is 1. The lowest BCUT2D eigenvalue weighted by Crippen LogP contribution is -2.11. The van der Waals surface area contributed by atoms with Crippen molar-refractivity contribution >= 4 is 16.7 Å². The maximum Gasteiger partial charge on any atom is 0.159 e. The van der Waals surface area contributed by atoms with Crippen molar-refractivity contribution in [3.8, 4) is 28.1 Å². The van der Waals surface area contributed by atoms with Crippen molar-refractivity contribution in [2.45, 2.75) is 20.8 Å². The highest BCUT2D eigenvalue weighted by Gasteiger charge is 2.19. The molecule has 5 aromatic rings. The van der Waals surface area contributed by atoms with E-state index in [0.29, 0.717) is 46.0 Å². The van der Waals surface area contributed by atoms with Gasteiger partial charge < -0.3 is 9.72 Å². The summed E-state index contributed by atoms with van der Waals surface area (Å²) >= 11 is 0. The first kappa shape index (κ1) is 23.3. The van der Waals surface area contributed by atoms with Gasteiger partial charge in [0.15, 0.2) is 5.82 Å².